The van der Waals surface area contributed by atoms with E-state index in [-0.39, 0.29) is 23.1 Å². The molecule has 0 spiro atoms. The summed E-state index contributed by atoms with van der Waals surface area (Å²) in [5, 5.41) is 0.639. The molecule has 0 aromatic heterocycles. The van der Waals surface area contributed by atoms with Gasteiger partial charge in [0, 0.05) is 41.9 Å². The van der Waals surface area contributed by atoms with E-state index in [1.165, 1.54) is 59.3 Å². The van der Waals surface area contributed by atoms with Crippen molar-refractivity contribution in [2.75, 3.05) is 42.4 Å². The number of carbonyl (C=O) groups excluding carboxylic acids is 1. The molecule has 1 aliphatic rings. The van der Waals surface area contributed by atoms with Gasteiger partial charge in [0.05, 0.1) is 10.6 Å². The number of carbonyl (C=O) groups is 1. The van der Waals surface area contributed by atoms with Gasteiger partial charge in [0.1, 0.15) is 5.75 Å². The first-order valence-corrected chi connectivity index (χ1v) is 13.7. The first kappa shape index (κ1) is 26.1. The van der Waals surface area contributed by atoms with Crippen LogP contribution in [0.5, 0.6) is 5.75 Å². The summed E-state index contributed by atoms with van der Waals surface area (Å²) in [5.74, 6) is 0.300. The van der Waals surface area contributed by atoms with Gasteiger partial charge in [-0.25, -0.2) is 8.42 Å². The smallest absolute Gasteiger partial charge is 0.261 e. The van der Waals surface area contributed by atoms with Crippen LogP contribution in [0, 0.1) is 13.8 Å². The van der Waals surface area contributed by atoms with Gasteiger partial charge in [0.2, 0.25) is 0 Å². The van der Waals surface area contributed by atoms with Gasteiger partial charge in [-0.2, -0.15) is 0 Å². The molecule has 1 fully saturated rings. The monoisotopic (exact) mass is 547 g/mol. The largest absolute Gasteiger partial charge is 0.484 e. The number of nitrogens with one attached hydrogen (secondary N) is 1. The highest BCUT2D eigenvalue weighted by Gasteiger charge is 2.23. The fourth-order valence-corrected chi connectivity index (χ4v) is 5.62. The van der Waals surface area contributed by atoms with Crippen LogP contribution in [0.2, 0.25) is 10.0 Å². The zero-order valence-corrected chi connectivity index (χ0v) is 22.3. The highest BCUT2D eigenvalue weighted by Crippen LogP contribution is 2.26. The molecule has 4 rings (SSSR count). The summed E-state index contributed by atoms with van der Waals surface area (Å²) in [4.78, 5) is 16.8. The first-order chi connectivity index (χ1) is 17.1. The Morgan fingerprint density at radius 2 is 1.58 bits per heavy atom. The average molecular weight is 548 g/mol. The Hall–Kier alpha value is -2.94. The van der Waals surface area contributed by atoms with E-state index < -0.39 is 10.0 Å². The van der Waals surface area contributed by atoms with Crippen molar-refractivity contribution in [1.82, 2.24) is 4.90 Å². The third kappa shape index (κ3) is 6.24. The lowest BCUT2D eigenvalue weighted by Crippen LogP contribution is -2.50. The van der Waals surface area contributed by atoms with Gasteiger partial charge in [0.25, 0.3) is 15.9 Å². The summed E-state index contributed by atoms with van der Waals surface area (Å²) in [5.41, 5.74) is 3.98. The number of nitrogens with zero attached hydrogens (tertiary/aromatic N) is 2. The number of ether oxygens (including phenoxy) is 1. The quantitative estimate of drug-likeness (QED) is 0.443. The predicted octanol–water partition coefficient (Wildman–Crippen LogP) is 5.14. The number of amides is 1. The van der Waals surface area contributed by atoms with Gasteiger partial charge in [-0.05, 0) is 73.5 Å². The average Bonchev–Trinajstić information content (AvgIpc) is 2.84. The van der Waals surface area contributed by atoms with Crippen LogP contribution in [0.4, 0.5) is 11.4 Å². The van der Waals surface area contributed by atoms with Crippen molar-refractivity contribution in [3.63, 3.8) is 0 Å². The molecule has 0 unspecified atom stereocenters. The van der Waals surface area contributed by atoms with Crippen LogP contribution in [0.25, 0.3) is 0 Å². The van der Waals surface area contributed by atoms with Gasteiger partial charge < -0.3 is 14.5 Å². The number of hydrogen-bond donors (Lipinski definition) is 1. The van der Waals surface area contributed by atoms with Crippen LogP contribution < -0.4 is 14.4 Å². The Morgan fingerprint density at radius 3 is 2.22 bits per heavy atom. The molecule has 1 heterocycles. The van der Waals surface area contributed by atoms with Crippen LogP contribution in [-0.4, -0.2) is 52.0 Å². The standard InChI is InChI=1S/C26H27Cl2N3O4S/c1-18-4-3-5-25(19(18)2)30-10-12-31(13-11-30)26(32)17-35-23-6-8-24(9-7-23)36(33,34)29-22-15-20(27)14-21(28)16-22/h3-9,14-16,29H,10-13,17H2,1-2H3. The number of benzene rings is 3. The van der Waals surface area contributed by atoms with E-state index in [1.807, 2.05) is 0 Å². The first-order valence-electron chi connectivity index (χ1n) is 11.4. The SMILES string of the molecule is Cc1cccc(N2CCN(C(=O)COc3ccc(S(=O)(=O)Nc4cc(Cl)cc(Cl)c4)cc3)CC2)c1C. The molecule has 0 bridgehead atoms. The fourth-order valence-electron chi connectivity index (χ4n) is 4.05. The highest BCUT2D eigenvalue weighted by molar-refractivity contribution is 7.92. The summed E-state index contributed by atoms with van der Waals surface area (Å²) in [6, 6.07) is 16.6. The number of rotatable bonds is 7. The second-order valence-corrected chi connectivity index (χ2v) is 11.2. The number of piperazine rings is 1. The number of hydrogen-bond acceptors (Lipinski definition) is 5. The summed E-state index contributed by atoms with van der Waals surface area (Å²) in [6.07, 6.45) is 0. The minimum absolute atomic E-state index is 0.0415. The zero-order chi connectivity index (χ0) is 25.9. The van der Waals surface area contributed by atoms with Gasteiger partial charge >= 0.3 is 0 Å². The van der Waals surface area contributed by atoms with Gasteiger partial charge in [-0.3, -0.25) is 9.52 Å². The molecule has 3 aromatic rings. The van der Waals surface area contributed by atoms with Crippen LogP contribution in [0.3, 0.4) is 0 Å². The molecule has 0 atom stereocenters. The topological polar surface area (TPSA) is 79.0 Å². The molecule has 1 amide bonds. The van der Waals surface area contributed by atoms with Gasteiger partial charge in [0.15, 0.2) is 6.61 Å². The molecule has 7 nitrogen and oxygen atoms in total. The van der Waals surface area contributed by atoms with Crippen molar-refractivity contribution in [1.29, 1.82) is 0 Å². The van der Waals surface area contributed by atoms with Crippen molar-refractivity contribution in [3.05, 3.63) is 81.8 Å². The Kier molecular flexibility index (Phi) is 7.97. The van der Waals surface area contributed by atoms with E-state index in [0.717, 1.165) is 13.1 Å². The highest BCUT2D eigenvalue weighted by atomic mass is 35.5. The number of anilines is 2. The van der Waals surface area contributed by atoms with Crippen molar-refractivity contribution < 1.29 is 17.9 Å². The van der Waals surface area contributed by atoms with E-state index in [4.69, 9.17) is 27.9 Å². The van der Waals surface area contributed by atoms with E-state index >= 15 is 0 Å². The van der Waals surface area contributed by atoms with Gasteiger partial charge in [-0.1, -0.05) is 35.3 Å². The Labute approximate surface area is 221 Å². The van der Waals surface area contributed by atoms with E-state index in [1.54, 1.807) is 4.90 Å². The Bertz CT molecular complexity index is 1340. The second-order valence-electron chi connectivity index (χ2n) is 8.61. The minimum atomic E-state index is -3.85. The molecule has 10 heteroatoms. The van der Waals surface area contributed by atoms with Crippen molar-refractivity contribution >= 4 is 50.5 Å². The fraction of sp³-hybridized carbons (Fsp3) is 0.269. The van der Waals surface area contributed by atoms with Gasteiger partial charge in [-0.15, -0.1) is 0 Å². The third-order valence-corrected chi connectivity index (χ3v) is 7.99. The summed E-state index contributed by atoms with van der Waals surface area (Å²) < 4.78 is 33.4. The Morgan fingerprint density at radius 1 is 0.944 bits per heavy atom. The molecule has 0 radical (unpaired) electrons. The molecule has 190 valence electrons. The lowest BCUT2D eigenvalue weighted by molar-refractivity contribution is -0.133. The number of sulfonamides is 1. The lowest BCUT2D eigenvalue weighted by atomic mass is 10.1. The second kappa shape index (κ2) is 11.0. The molecular weight excluding hydrogens is 521 g/mol. The zero-order valence-electron chi connectivity index (χ0n) is 20.0. The van der Waals surface area contributed by atoms with Crippen molar-refractivity contribution in [3.8, 4) is 5.75 Å². The predicted molar refractivity (Wildman–Crippen MR) is 144 cm³/mol. The van der Waals surface area contributed by atoms with E-state index in [9.17, 15) is 13.2 Å². The lowest BCUT2D eigenvalue weighted by Gasteiger charge is -2.37. The maximum Gasteiger partial charge on any atom is 0.261 e. The normalized spacial score (nSPS) is 14.0. The van der Waals surface area contributed by atoms with Crippen LogP contribution >= 0.6 is 23.2 Å². The molecule has 1 saturated heterocycles. The summed E-state index contributed by atoms with van der Waals surface area (Å²) in [7, 11) is -3.85. The summed E-state index contributed by atoms with van der Waals surface area (Å²) in [6.45, 7) is 6.85. The Balaban J connectivity index is 1.30. The number of aryl methyl sites for hydroxylation is 1. The third-order valence-electron chi connectivity index (χ3n) is 6.16. The molecule has 1 N–H and O–H groups in total. The molecule has 3 aromatic carbocycles. The van der Waals surface area contributed by atoms with E-state index in [2.05, 4.69) is 41.7 Å². The van der Waals surface area contributed by atoms with Crippen LogP contribution in [0.15, 0.2) is 65.6 Å². The van der Waals surface area contributed by atoms with Crippen molar-refractivity contribution in [2.45, 2.75) is 18.7 Å². The summed E-state index contributed by atoms with van der Waals surface area (Å²) >= 11 is 11.9. The number of halogens is 2. The molecule has 36 heavy (non-hydrogen) atoms. The maximum atomic E-state index is 12.7. The van der Waals surface area contributed by atoms with E-state index in [0.29, 0.717) is 28.9 Å². The van der Waals surface area contributed by atoms with Crippen molar-refractivity contribution in [2.24, 2.45) is 0 Å². The van der Waals surface area contributed by atoms with Crippen LogP contribution in [-0.2, 0) is 14.8 Å². The molecule has 0 aliphatic carbocycles. The van der Waals surface area contributed by atoms with Crippen LogP contribution in [0.1, 0.15) is 11.1 Å². The molecule has 1 aliphatic heterocycles. The maximum absolute atomic E-state index is 12.7. The molecular formula is C26H27Cl2N3O4S. The molecule has 0 saturated carbocycles. The minimum Gasteiger partial charge on any atom is -0.484 e.